The maximum atomic E-state index is 12.2. The average molecular weight is 237 g/mol. The SMILES string of the molecule is O=C1CC(C(=O)N2CCC3CNCC3C2)CN1. The molecule has 3 rings (SSSR count). The average Bonchev–Trinajstić information content (AvgIpc) is 2.95. The van der Waals surface area contributed by atoms with Gasteiger partial charge in [-0.1, -0.05) is 0 Å². The molecule has 3 saturated heterocycles. The smallest absolute Gasteiger partial charge is 0.227 e. The summed E-state index contributed by atoms with van der Waals surface area (Å²) in [5.41, 5.74) is 0. The molecule has 5 nitrogen and oxygen atoms in total. The summed E-state index contributed by atoms with van der Waals surface area (Å²) >= 11 is 0. The van der Waals surface area contributed by atoms with Crippen molar-refractivity contribution in [2.75, 3.05) is 32.7 Å². The molecule has 3 heterocycles. The molecule has 0 aromatic carbocycles. The Kier molecular flexibility index (Phi) is 2.78. The molecule has 3 aliphatic rings. The van der Waals surface area contributed by atoms with Gasteiger partial charge in [-0.3, -0.25) is 9.59 Å². The summed E-state index contributed by atoms with van der Waals surface area (Å²) in [6.45, 7) is 4.42. The minimum Gasteiger partial charge on any atom is -0.355 e. The molecular weight excluding hydrogens is 218 g/mol. The van der Waals surface area contributed by atoms with E-state index < -0.39 is 0 Å². The molecule has 0 saturated carbocycles. The topological polar surface area (TPSA) is 61.4 Å². The van der Waals surface area contributed by atoms with Gasteiger partial charge in [-0.25, -0.2) is 0 Å². The number of nitrogens with zero attached hydrogens (tertiary/aromatic N) is 1. The number of hydrogen-bond acceptors (Lipinski definition) is 3. The highest BCUT2D eigenvalue weighted by Crippen LogP contribution is 2.27. The number of amides is 2. The van der Waals surface area contributed by atoms with Gasteiger partial charge in [0.25, 0.3) is 0 Å². The van der Waals surface area contributed by atoms with Crippen molar-refractivity contribution < 1.29 is 9.59 Å². The fraction of sp³-hybridized carbons (Fsp3) is 0.833. The van der Waals surface area contributed by atoms with E-state index in [2.05, 4.69) is 10.6 Å². The zero-order valence-corrected chi connectivity index (χ0v) is 9.95. The van der Waals surface area contributed by atoms with Crippen molar-refractivity contribution in [3.63, 3.8) is 0 Å². The lowest BCUT2D eigenvalue weighted by Crippen LogP contribution is -2.46. The number of fused-ring (bicyclic) bond motifs is 1. The molecular formula is C12H19N3O2. The van der Waals surface area contributed by atoms with Crippen molar-refractivity contribution >= 4 is 11.8 Å². The van der Waals surface area contributed by atoms with E-state index in [1.165, 1.54) is 0 Å². The van der Waals surface area contributed by atoms with E-state index in [1.807, 2.05) is 4.90 Å². The first-order chi connectivity index (χ1) is 8.24. The molecule has 3 unspecified atom stereocenters. The molecule has 0 radical (unpaired) electrons. The molecule has 2 amide bonds. The first-order valence-corrected chi connectivity index (χ1v) is 6.50. The number of carbonyl (C=O) groups is 2. The normalized spacial score (nSPS) is 36.8. The van der Waals surface area contributed by atoms with E-state index in [0.717, 1.165) is 38.5 Å². The highest BCUT2D eigenvalue weighted by Gasteiger charge is 2.38. The Bertz CT molecular complexity index is 345. The van der Waals surface area contributed by atoms with Crippen LogP contribution < -0.4 is 10.6 Å². The molecule has 3 fully saturated rings. The Hall–Kier alpha value is -1.10. The second-order valence-electron chi connectivity index (χ2n) is 5.46. The van der Waals surface area contributed by atoms with Crippen LogP contribution in [0, 0.1) is 17.8 Å². The van der Waals surface area contributed by atoms with E-state index >= 15 is 0 Å². The minimum absolute atomic E-state index is 0.0146. The second kappa shape index (κ2) is 4.29. The molecule has 3 aliphatic heterocycles. The number of rotatable bonds is 1. The molecule has 0 aliphatic carbocycles. The highest BCUT2D eigenvalue weighted by molar-refractivity contribution is 5.89. The standard InChI is InChI=1S/C12H19N3O2/c16-11-3-9(6-14-11)12(17)15-2-1-8-4-13-5-10(8)7-15/h8-10,13H,1-7H2,(H,14,16). The predicted molar refractivity (Wildman–Crippen MR) is 62.2 cm³/mol. The van der Waals surface area contributed by atoms with Crippen LogP contribution in [0.5, 0.6) is 0 Å². The molecule has 2 N–H and O–H groups in total. The van der Waals surface area contributed by atoms with E-state index in [9.17, 15) is 9.59 Å². The van der Waals surface area contributed by atoms with E-state index in [4.69, 9.17) is 0 Å². The number of piperidine rings is 1. The number of carbonyl (C=O) groups excluding carboxylic acids is 2. The van der Waals surface area contributed by atoms with Gasteiger partial charge >= 0.3 is 0 Å². The van der Waals surface area contributed by atoms with Gasteiger partial charge < -0.3 is 15.5 Å². The van der Waals surface area contributed by atoms with Crippen molar-refractivity contribution in [1.82, 2.24) is 15.5 Å². The van der Waals surface area contributed by atoms with Crippen molar-refractivity contribution in [2.24, 2.45) is 17.8 Å². The fourth-order valence-corrected chi connectivity index (χ4v) is 3.27. The summed E-state index contributed by atoms with van der Waals surface area (Å²) in [5.74, 6) is 1.45. The lowest BCUT2D eigenvalue weighted by Gasteiger charge is -2.35. The minimum atomic E-state index is -0.117. The van der Waals surface area contributed by atoms with Crippen LogP contribution in [0.3, 0.4) is 0 Å². The van der Waals surface area contributed by atoms with Gasteiger partial charge in [-0.15, -0.1) is 0 Å². The summed E-state index contributed by atoms with van der Waals surface area (Å²) in [7, 11) is 0. The van der Waals surface area contributed by atoms with Crippen LogP contribution in [0.4, 0.5) is 0 Å². The Morgan fingerprint density at radius 2 is 2.06 bits per heavy atom. The zero-order valence-electron chi connectivity index (χ0n) is 9.95. The zero-order chi connectivity index (χ0) is 11.8. The highest BCUT2D eigenvalue weighted by atomic mass is 16.2. The maximum absolute atomic E-state index is 12.2. The lowest BCUT2D eigenvalue weighted by molar-refractivity contribution is -0.138. The molecule has 0 aromatic heterocycles. The Morgan fingerprint density at radius 1 is 1.24 bits per heavy atom. The Morgan fingerprint density at radius 3 is 2.82 bits per heavy atom. The van der Waals surface area contributed by atoms with E-state index in [0.29, 0.717) is 18.9 Å². The largest absolute Gasteiger partial charge is 0.355 e. The Labute approximate surface area is 101 Å². The number of nitrogens with one attached hydrogen (secondary N) is 2. The lowest BCUT2D eigenvalue weighted by atomic mass is 9.88. The van der Waals surface area contributed by atoms with Crippen LogP contribution in [0.15, 0.2) is 0 Å². The van der Waals surface area contributed by atoms with Gasteiger partial charge in [0.1, 0.15) is 0 Å². The monoisotopic (exact) mass is 237 g/mol. The summed E-state index contributed by atoms with van der Waals surface area (Å²) in [4.78, 5) is 25.4. The van der Waals surface area contributed by atoms with Crippen LogP contribution in [0.2, 0.25) is 0 Å². The van der Waals surface area contributed by atoms with Gasteiger partial charge in [0.15, 0.2) is 0 Å². The Balaban J connectivity index is 1.61. The number of likely N-dealkylation sites (tertiary alicyclic amines) is 1. The molecule has 0 spiro atoms. The summed E-state index contributed by atoms with van der Waals surface area (Å²) in [6, 6.07) is 0. The van der Waals surface area contributed by atoms with E-state index in [-0.39, 0.29) is 17.7 Å². The van der Waals surface area contributed by atoms with Crippen LogP contribution in [-0.2, 0) is 9.59 Å². The molecule has 17 heavy (non-hydrogen) atoms. The van der Waals surface area contributed by atoms with Crippen molar-refractivity contribution in [3.05, 3.63) is 0 Å². The predicted octanol–water partition coefficient (Wildman–Crippen LogP) is -0.810. The summed E-state index contributed by atoms with van der Waals surface area (Å²) in [5, 5.41) is 6.13. The van der Waals surface area contributed by atoms with Gasteiger partial charge in [-0.2, -0.15) is 0 Å². The first kappa shape index (κ1) is 11.0. The van der Waals surface area contributed by atoms with Crippen molar-refractivity contribution in [1.29, 1.82) is 0 Å². The van der Waals surface area contributed by atoms with E-state index in [1.54, 1.807) is 0 Å². The summed E-state index contributed by atoms with van der Waals surface area (Å²) in [6.07, 6.45) is 1.49. The van der Waals surface area contributed by atoms with Gasteiger partial charge in [-0.05, 0) is 31.3 Å². The van der Waals surface area contributed by atoms with Crippen molar-refractivity contribution in [2.45, 2.75) is 12.8 Å². The fourth-order valence-electron chi connectivity index (χ4n) is 3.27. The maximum Gasteiger partial charge on any atom is 0.227 e. The van der Waals surface area contributed by atoms with Gasteiger partial charge in [0.2, 0.25) is 11.8 Å². The molecule has 0 bridgehead atoms. The van der Waals surface area contributed by atoms with Crippen molar-refractivity contribution in [3.8, 4) is 0 Å². The quantitative estimate of drug-likeness (QED) is 0.627. The molecule has 3 atom stereocenters. The third-order valence-corrected chi connectivity index (χ3v) is 4.34. The second-order valence-corrected chi connectivity index (χ2v) is 5.46. The van der Waals surface area contributed by atoms with Crippen LogP contribution >= 0.6 is 0 Å². The van der Waals surface area contributed by atoms with Gasteiger partial charge in [0.05, 0.1) is 5.92 Å². The van der Waals surface area contributed by atoms with Crippen LogP contribution in [0.1, 0.15) is 12.8 Å². The third-order valence-electron chi connectivity index (χ3n) is 4.34. The third kappa shape index (κ3) is 2.04. The van der Waals surface area contributed by atoms with Crippen LogP contribution in [-0.4, -0.2) is 49.4 Å². The van der Waals surface area contributed by atoms with Crippen LogP contribution in [0.25, 0.3) is 0 Å². The van der Waals surface area contributed by atoms with Gasteiger partial charge in [0, 0.05) is 26.1 Å². The summed E-state index contributed by atoms with van der Waals surface area (Å²) < 4.78 is 0. The number of hydrogen-bond donors (Lipinski definition) is 2. The molecule has 0 aromatic rings. The molecule has 5 heteroatoms. The molecule has 94 valence electrons. The first-order valence-electron chi connectivity index (χ1n) is 6.50.